The fraction of sp³-hybridized carbons (Fsp3) is 0.708. The van der Waals surface area contributed by atoms with Crippen LogP contribution in [0, 0.1) is 0 Å². The van der Waals surface area contributed by atoms with Gasteiger partial charge in [0.1, 0.15) is 6.61 Å². The maximum Gasteiger partial charge on any atom is 0.472 e. The van der Waals surface area contributed by atoms with E-state index in [-0.39, 0.29) is 32.6 Å². The zero-order chi connectivity index (χ0) is 42.5. The molecule has 0 aromatic heterocycles. The molecule has 0 aromatic carbocycles. The highest BCUT2D eigenvalue weighted by Crippen LogP contribution is 2.43. The molecule has 0 saturated carbocycles. The fourth-order valence-electron chi connectivity index (χ4n) is 5.95. The van der Waals surface area contributed by atoms with Crippen LogP contribution in [0.4, 0.5) is 0 Å². The lowest BCUT2D eigenvalue weighted by molar-refractivity contribution is -0.161. The molecule has 10 heteroatoms. The van der Waals surface area contributed by atoms with Gasteiger partial charge in [0.05, 0.1) is 13.2 Å². The monoisotopic (exact) mass is 834 g/mol. The van der Waals surface area contributed by atoms with E-state index in [4.69, 9.17) is 24.3 Å². The molecule has 2 atom stereocenters. The molecule has 0 aliphatic rings. The van der Waals surface area contributed by atoms with E-state index in [1.807, 2.05) is 0 Å². The van der Waals surface area contributed by atoms with Crippen LogP contribution in [0.3, 0.4) is 0 Å². The molecular formula is C48H84NO8P. The van der Waals surface area contributed by atoms with Crippen LogP contribution in [0.1, 0.15) is 187 Å². The zero-order valence-electron chi connectivity index (χ0n) is 36.8. The van der Waals surface area contributed by atoms with Gasteiger partial charge in [-0.2, -0.15) is 0 Å². The van der Waals surface area contributed by atoms with Crippen LogP contribution in [0.5, 0.6) is 0 Å². The van der Waals surface area contributed by atoms with Crippen molar-refractivity contribution in [1.82, 2.24) is 0 Å². The molecule has 0 saturated heterocycles. The van der Waals surface area contributed by atoms with Gasteiger partial charge in [-0.15, -0.1) is 0 Å². The summed E-state index contributed by atoms with van der Waals surface area (Å²) in [4.78, 5) is 34.9. The third kappa shape index (κ3) is 43.0. The van der Waals surface area contributed by atoms with Gasteiger partial charge in [0.25, 0.3) is 0 Å². The van der Waals surface area contributed by atoms with Gasteiger partial charge in [0, 0.05) is 19.4 Å². The number of ether oxygens (including phenoxy) is 2. The first kappa shape index (κ1) is 55.5. The summed E-state index contributed by atoms with van der Waals surface area (Å²) in [6.45, 7) is 3.57. The molecule has 0 aliphatic carbocycles. The summed E-state index contributed by atoms with van der Waals surface area (Å²) in [7, 11) is -4.38. The highest BCUT2D eigenvalue weighted by molar-refractivity contribution is 7.47. The van der Waals surface area contributed by atoms with Crippen LogP contribution in [0.25, 0.3) is 0 Å². The summed E-state index contributed by atoms with van der Waals surface area (Å²) in [5.41, 5.74) is 5.35. The van der Waals surface area contributed by atoms with Gasteiger partial charge in [-0.3, -0.25) is 18.6 Å². The number of allylic oxidation sites excluding steroid dienone is 12. The van der Waals surface area contributed by atoms with Crippen LogP contribution >= 0.6 is 7.82 Å². The zero-order valence-corrected chi connectivity index (χ0v) is 37.6. The number of phosphoric ester groups is 1. The van der Waals surface area contributed by atoms with Gasteiger partial charge < -0.3 is 20.1 Å². The molecule has 0 fully saturated rings. The summed E-state index contributed by atoms with van der Waals surface area (Å²) in [6, 6.07) is 0. The Kier molecular flexibility index (Phi) is 42.1. The second-order valence-electron chi connectivity index (χ2n) is 14.9. The Morgan fingerprint density at radius 3 is 1.43 bits per heavy atom. The van der Waals surface area contributed by atoms with Crippen molar-refractivity contribution in [2.45, 2.75) is 193 Å². The van der Waals surface area contributed by atoms with Gasteiger partial charge in [-0.05, 0) is 83.5 Å². The largest absolute Gasteiger partial charge is 0.472 e. The van der Waals surface area contributed by atoms with Crippen molar-refractivity contribution in [2.24, 2.45) is 5.73 Å². The molecule has 3 N–H and O–H groups in total. The number of nitrogens with two attached hydrogens (primary N) is 1. The lowest BCUT2D eigenvalue weighted by atomic mass is 10.1. The SMILES string of the molecule is CC/C=C\C/C=C\C/C=C\C/C=C\C/C=C\CCCCCCCCCCCC(=O)OC(COC(=O)CCCCCCC/C=C\CCCCC)COP(=O)(O)OCCN. The first-order valence-corrected chi connectivity index (χ1v) is 24.4. The lowest BCUT2D eigenvalue weighted by Crippen LogP contribution is -2.29. The van der Waals surface area contributed by atoms with Crippen molar-refractivity contribution in [1.29, 1.82) is 0 Å². The predicted octanol–water partition coefficient (Wildman–Crippen LogP) is 13.4. The number of hydrogen-bond donors (Lipinski definition) is 2. The molecule has 9 nitrogen and oxygen atoms in total. The van der Waals surface area contributed by atoms with E-state index in [9.17, 15) is 19.0 Å². The molecule has 2 unspecified atom stereocenters. The second-order valence-corrected chi connectivity index (χ2v) is 16.3. The van der Waals surface area contributed by atoms with Crippen LogP contribution < -0.4 is 5.73 Å². The number of phosphoric acid groups is 1. The minimum absolute atomic E-state index is 0.0482. The van der Waals surface area contributed by atoms with Crippen molar-refractivity contribution in [2.75, 3.05) is 26.4 Å². The number of hydrogen-bond acceptors (Lipinski definition) is 8. The summed E-state index contributed by atoms with van der Waals surface area (Å²) in [5.74, 6) is -0.850. The Morgan fingerprint density at radius 1 is 0.534 bits per heavy atom. The molecule has 0 aliphatic heterocycles. The summed E-state index contributed by atoms with van der Waals surface area (Å²) < 4.78 is 32.8. The molecule has 0 heterocycles. The lowest BCUT2D eigenvalue weighted by Gasteiger charge is -2.19. The van der Waals surface area contributed by atoms with Crippen molar-refractivity contribution in [3.63, 3.8) is 0 Å². The third-order valence-electron chi connectivity index (χ3n) is 9.33. The van der Waals surface area contributed by atoms with Crippen LogP contribution in [0.2, 0.25) is 0 Å². The van der Waals surface area contributed by atoms with E-state index >= 15 is 0 Å². The molecule has 0 aromatic rings. The number of esters is 2. The Balaban J connectivity index is 4.09. The van der Waals surface area contributed by atoms with Gasteiger partial charge in [-0.25, -0.2) is 4.57 Å². The van der Waals surface area contributed by atoms with Gasteiger partial charge in [0.2, 0.25) is 0 Å². The molecule has 0 bridgehead atoms. The summed E-state index contributed by atoms with van der Waals surface area (Å²) in [5, 5.41) is 0. The maximum atomic E-state index is 12.6. The van der Waals surface area contributed by atoms with Gasteiger partial charge in [0.15, 0.2) is 6.10 Å². The van der Waals surface area contributed by atoms with E-state index in [1.165, 1.54) is 57.8 Å². The predicted molar refractivity (Wildman–Crippen MR) is 242 cm³/mol. The van der Waals surface area contributed by atoms with Crippen molar-refractivity contribution < 1.29 is 37.6 Å². The van der Waals surface area contributed by atoms with E-state index < -0.39 is 32.5 Å². The maximum absolute atomic E-state index is 12.6. The minimum atomic E-state index is -4.38. The Morgan fingerprint density at radius 2 is 0.948 bits per heavy atom. The molecule has 334 valence electrons. The number of carbonyl (C=O) groups excluding carboxylic acids is 2. The highest BCUT2D eigenvalue weighted by Gasteiger charge is 2.26. The first-order valence-electron chi connectivity index (χ1n) is 22.9. The Hall–Kier alpha value is -2.55. The Labute approximate surface area is 354 Å². The van der Waals surface area contributed by atoms with E-state index in [0.717, 1.165) is 96.3 Å². The normalized spacial score (nSPS) is 13.9. The van der Waals surface area contributed by atoms with E-state index in [1.54, 1.807) is 0 Å². The first-order chi connectivity index (χ1) is 28.3. The quantitative estimate of drug-likeness (QED) is 0.0267. The third-order valence-corrected chi connectivity index (χ3v) is 10.3. The van der Waals surface area contributed by atoms with Crippen LogP contribution in [-0.2, 0) is 32.7 Å². The topological polar surface area (TPSA) is 134 Å². The van der Waals surface area contributed by atoms with Crippen LogP contribution in [-0.4, -0.2) is 49.3 Å². The minimum Gasteiger partial charge on any atom is -0.462 e. The van der Waals surface area contributed by atoms with Crippen molar-refractivity contribution in [3.05, 3.63) is 72.9 Å². The number of carbonyl (C=O) groups is 2. The van der Waals surface area contributed by atoms with E-state index in [0.29, 0.717) is 6.42 Å². The molecule has 0 spiro atoms. The smallest absolute Gasteiger partial charge is 0.462 e. The van der Waals surface area contributed by atoms with Gasteiger partial charge in [-0.1, -0.05) is 164 Å². The molecular weight excluding hydrogens is 750 g/mol. The van der Waals surface area contributed by atoms with Crippen LogP contribution in [0.15, 0.2) is 72.9 Å². The summed E-state index contributed by atoms with van der Waals surface area (Å²) in [6.07, 6.45) is 53.6. The number of rotatable bonds is 42. The van der Waals surface area contributed by atoms with Crippen molar-refractivity contribution >= 4 is 19.8 Å². The van der Waals surface area contributed by atoms with E-state index in [2.05, 4.69) is 86.8 Å². The highest BCUT2D eigenvalue weighted by atomic mass is 31.2. The average molecular weight is 834 g/mol. The second kappa shape index (κ2) is 44.0. The molecule has 0 radical (unpaired) electrons. The molecule has 58 heavy (non-hydrogen) atoms. The van der Waals surface area contributed by atoms with Crippen molar-refractivity contribution in [3.8, 4) is 0 Å². The Bertz CT molecular complexity index is 1180. The standard InChI is InChI=1S/C48H84NO8P/c1-3-5-7-9-11-13-15-17-18-19-20-21-22-23-24-25-26-27-28-29-31-33-35-37-39-41-48(51)57-46(45-56-58(52,53)55-43-42-49)44-54-47(50)40-38-36-34-32-30-16-14-12-10-8-6-4-2/h5,7,11-14,17-18,20-21,23-24,46H,3-4,6,8-10,15-16,19,22,25-45,49H2,1-2H3,(H,52,53)/b7-5-,13-11-,14-12-,18-17-,21-20-,24-23-. The number of unbranched alkanes of at least 4 members (excludes halogenated alkanes) is 17. The summed E-state index contributed by atoms with van der Waals surface area (Å²) >= 11 is 0. The van der Waals surface area contributed by atoms with Gasteiger partial charge >= 0.3 is 19.8 Å². The molecule has 0 rings (SSSR count). The molecule has 0 amide bonds. The fourth-order valence-corrected chi connectivity index (χ4v) is 6.71. The average Bonchev–Trinajstić information content (AvgIpc) is 3.21.